The van der Waals surface area contributed by atoms with Crippen molar-refractivity contribution in [1.82, 2.24) is 10.3 Å². The molecule has 1 saturated heterocycles. The van der Waals surface area contributed by atoms with Crippen molar-refractivity contribution in [2.24, 2.45) is 0 Å². The smallest absolute Gasteiger partial charge is 0.217 e. The molecule has 142 valence electrons. The van der Waals surface area contributed by atoms with Gasteiger partial charge in [-0.25, -0.2) is 0 Å². The molecule has 3 rings (SSSR count). The molecular formula is C16H18BrClN2O6. The fraction of sp³-hybridized carbons (Fsp3) is 0.438. The molecule has 2 heterocycles. The summed E-state index contributed by atoms with van der Waals surface area (Å²) in [6, 6.07) is 5.37. The monoisotopic (exact) mass is 448 g/mol. The lowest BCUT2D eigenvalue weighted by atomic mass is 9.76. The zero-order valence-corrected chi connectivity index (χ0v) is 16.0. The molecule has 1 aromatic heterocycles. The fourth-order valence-corrected chi connectivity index (χ4v) is 4.12. The number of halogens is 2. The van der Waals surface area contributed by atoms with Crippen molar-refractivity contribution in [2.45, 2.75) is 34.4 Å². The van der Waals surface area contributed by atoms with Gasteiger partial charge >= 0.3 is 0 Å². The Balaban J connectivity index is 2.29. The van der Waals surface area contributed by atoms with Crippen molar-refractivity contribution in [1.29, 1.82) is 0 Å². The van der Waals surface area contributed by atoms with Crippen LogP contribution >= 0.6 is 27.5 Å². The molecule has 1 fully saturated rings. The molecule has 1 aliphatic heterocycles. The number of aliphatic hydroxyl groups excluding tert-OH is 2. The number of H-pyrrole nitrogens is 1. The maximum atomic E-state index is 11.6. The average Bonchev–Trinajstić information content (AvgIpc) is 3.01. The van der Waals surface area contributed by atoms with E-state index in [1.165, 1.54) is 13.1 Å². The van der Waals surface area contributed by atoms with Crippen molar-refractivity contribution >= 4 is 44.3 Å². The largest absolute Gasteiger partial charge is 0.392 e. The number of alkyl halides is 2. The number of hydrogen-bond donors (Lipinski definition) is 6. The molecule has 26 heavy (non-hydrogen) atoms. The van der Waals surface area contributed by atoms with Crippen molar-refractivity contribution in [3.8, 4) is 0 Å². The van der Waals surface area contributed by atoms with Gasteiger partial charge in [0.1, 0.15) is 6.04 Å². The molecule has 1 amide bonds. The summed E-state index contributed by atoms with van der Waals surface area (Å²) in [6.07, 6.45) is -0.376. The molecule has 0 radical (unpaired) electrons. The van der Waals surface area contributed by atoms with Gasteiger partial charge in [0.05, 0.1) is 6.61 Å². The third-order valence-electron chi connectivity index (χ3n) is 4.60. The minimum Gasteiger partial charge on any atom is -0.392 e. The van der Waals surface area contributed by atoms with Crippen molar-refractivity contribution in [3.63, 3.8) is 0 Å². The molecular weight excluding hydrogens is 432 g/mol. The van der Waals surface area contributed by atoms with E-state index in [1.54, 1.807) is 24.3 Å². The first-order valence-corrected chi connectivity index (χ1v) is 8.88. The predicted molar refractivity (Wildman–Crippen MR) is 96.4 cm³/mol. The highest BCUT2D eigenvalue weighted by molar-refractivity contribution is 9.10. The summed E-state index contributed by atoms with van der Waals surface area (Å²) < 4.78 is 3.10. The van der Waals surface area contributed by atoms with Crippen LogP contribution in [0, 0.1) is 0 Å². The van der Waals surface area contributed by atoms with Crippen LogP contribution in [0.1, 0.15) is 12.5 Å². The van der Waals surface area contributed by atoms with E-state index in [-0.39, 0.29) is 5.56 Å². The quantitative estimate of drug-likeness (QED) is 0.371. The summed E-state index contributed by atoms with van der Waals surface area (Å²) in [4.78, 5) is 14.6. The van der Waals surface area contributed by atoms with E-state index in [0.717, 1.165) is 0 Å². The lowest BCUT2D eigenvalue weighted by Crippen LogP contribution is -2.77. The number of ether oxygens (including phenoxy) is 1. The number of aliphatic hydroxyl groups is 4. The Hall–Kier alpha value is -1.20. The van der Waals surface area contributed by atoms with E-state index in [2.05, 4.69) is 26.2 Å². The molecule has 8 nitrogen and oxygen atoms in total. The number of aromatic nitrogens is 1. The number of carbonyl (C=O) groups is 1. The van der Waals surface area contributed by atoms with Crippen LogP contribution in [0.25, 0.3) is 10.9 Å². The zero-order chi connectivity index (χ0) is 19.3. The summed E-state index contributed by atoms with van der Waals surface area (Å²) in [5.41, 5.74) is -1.69. The number of hydrogen-bond acceptors (Lipinski definition) is 6. The topological polar surface area (TPSA) is 135 Å². The van der Waals surface area contributed by atoms with E-state index in [1.807, 2.05) is 0 Å². The Morgan fingerprint density at radius 2 is 2.08 bits per heavy atom. The van der Waals surface area contributed by atoms with Gasteiger partial charge in [-0.05, 0) is 22.0 Å². The Kier molecular flexibility index (Phi) is 4.85. The van der Waals surface area contributed by atoms with Crippen LogP contribution in [0.2, 0.25) is 0 Å². The summed E-state index contributed by atoms with van der Waals surface area (Å²) in [5.74, 6) is -0.588. The van der Waals surface area contributed by atoms with Crippen LogP contribution in [0.4, 0.5) is 0 Å². The molecule has 1 aromatic carbocycles. The fourth-order valence-electron chi connectivity index (χ4n) is 3.30. The maximum absolute atomic E-state index is 11.6. The van der Waals surface area contributed by atoms with Gasteiger partial charge < -0.3 is 35.5 Å². The second kappa shape index (κ2) is 6.45. The second-order valence-corrected chi connectivity index (χ2v) is 8.04. The summed E-state index contributed by atoms with van der Waals surface area (Å²) in [6.45, 7) is 0.305. The van der Waals surface area contributed by atoms with Gasteiger partial charge in [-0.1, -0.05) is 29.8 Å². The van der Waals surface area contributed by atoms with Crippen LogP contribution in [-0.2, 0) is 15.1 Å². The highest BCUT2D eigenvalue weighted by Gasteiger charge is 2.72. The van der Waals surface area contributed by atoms with Gasteiger partial charge in [0.25, 0.3) is 0 Å². The van der Waals surface area contributed by atoms with Gasteiger partial charge in [0.15, 0.2) is 16.4 Å². The zero-order valence-electron chi connectivity index (χ0n) is 13.6. The number of carbonyl (C=O) groups excluding carboxylic acids is 1. The Morgan fingerprint density at radius 1 is 1.42 bits per heavy atom. The standard InChI is InChI=1S/C16H18BrClN2O6/c1-8(22)20-12-13(23)26-14(17,7-21)16(18,25)15(12,24)10-6-19-11-5-3-2-4-9(10)11/h2-6,12-13,19,21,23-25H,7H2,1H3,(H,20,22)/t12-,13+,14-,15-,16+/m1/s1. The maximum Gasteiger partial charge on any atom is 0.217 e. The minimum atomic E-state index is -2.67. The normalized spacial score (nSPS) is 37.7. The first-order valence-electron chi connectivity index (χ1n) is 7.71. The molecule has 6 N–H and O–H groups in total. The molecule has 10 heteroatoms. The minimum absolute atomic E-state index is 0.115. The van der Waals surface area contributed by atoms with E-state index >= 15 is 0 Å². The summed E-state index contributed by atoms with van der Waals surface area (Å²) in [5, 5.41) is 42.9. The third-order valence-corrected chi connectivity index (χ3v) is 6.44. The van der Waals surface area contributed by atoms with E-state index in [9.17, 15) is 25.2 Å². The second-order valence-electron chi connectivity index (χ2n) is 6.21. The summed E-state index contributed by atoms with van der Waals surface area (Å²) in [7, 11) is 0. The highest BCUT2D eigenvalue weighted by Crippen LogP contribution is 2.55. The van der Waals surface area contributed by atoms with Crippen molar-refractivity contribution < 1.29 is 30.0 Å². The van der Waals surface area contributed by atoms with E-state index in [0.29, 0.717) is 10.9 Å². The Labute approximate surface area is 161 Å². The van der Waals surface area contributed by atoms with Crippen LogP contribution in [0.3, 0.4) is 0 Å². The van der Waals surface area contributed by atoms with Crippen LogP contribution in [0.15, 0.2) is 30.5 Å². The average molecular weight is 450 g/mol. The van der Waals surface area contributed by atoms with Crippen molar-refractivity contribution in [2.75, 3.05) is 6.61 Å². The number of rotatable bonds is 3. The number of para-hydroxylation sites is 1. The van der Waals surface area contributed by atoms with Crippen LogP contribution in [-0.4, -0.2) is 59.8 Å². The lowest BCUT2D eigenvalue weighted by molar-refractivity contribution is -0.316. The molecule has 2 aromatic rings. The third kappa shape index (κ3) is 2.58. The van der Waals surface area contributed by atoms with Gasteiger partial charge in [-0.3, -0.25) is 4.79 Å². The van der Waals surface area contributed by atoms with E-state index < -0.39 is 40.0 Å². The number of aromatic amines is 1. The van der Waals surface area contributed by atoms with Crippen LogP contribution in [0.5, 0.6) is 0 Å². The molecule has 0 bridgehead atoms. The molecule has 0 spiro atoms. The first kappa shape index (κ1) is 19.6. The Morgan fingerprint density at radius 3 is 2.69 bits per heavy atom. The number of fused-ring (bicyclic) bond motifs is 1. The number of amides is 1. The van der Waals surface area contributed by atoms with E-state index in [4.69, 9.17) is 16.3 Å². The number of nitrogens with one attached hydrogen (secondary N) is 2. The van der Waals surface area contributed by atoms with Gasteiger partial charge in [0.2, 0.25) is 11.0 Å². The molecule has 0 aliphatic carbocycles. The highest BCUT2D eigenvalue weighted by atomic mass is 79.9. The van der Waals surface area contributed by atoms with Gasteiger partial charge in [-0.15, -0.1) is 0 Å². The van der Waals surface area contributed by atoms with Gasteiger partial charge in [-0.2, -0.15) is 0 Å². The SMILES string of the molecule is CC(=O)N[C@@H]1[C@@H](O)O[C@](Br)(CO)[C@@](O)(Cl)[C@@]1(O)c1c[nH]c2ccccc12. The molecule has 0 unspecified atom stereocenters. The molecule has 5 atom stereocenters. The first-order chi connectivity index (χ1) is 12.1. The lowest BCUT2D eigenvalue weighted by Gasteiger charge is -2.56. The van der Waals surface area contributed by atoms with Gasteiger partial charge in [0, 0.05) is 29.6 Å². The summed E-state index contributed by atoms with van der Waals surface area (Å²) >= 11 is 9.30. The molecule has 1 aliphatic rings. The Bertz CT molecular complexity index is 845. The molecule has 0 saturated carbocycles. The van der Waals surface area contributed by atoms with Crippen LogP contribution < -0.4 is 5.32 Å². The van der Waals surface area contributed by atoms with Crippen molar-refractivity contribution in [3.05, 3.63) is 36.0 Å². The number of benzene rings is 1. The predicted octanol–water partition coefficient (Wildman–Crippen LogP) is 0.220.